The van der Waals surface area contributed by atoms with Gasteiger partial charge in [-0.25, -0.2) is 4.57 Å². The van der Waals surface area contributed by atoms with Gasteiger partial charge in [0.1, 0.15) is 12.7 Å². The van der Waals surface area contributed by atoms with Gasteiger partial charge >= 0.3 is 19.8 Å². The minimum atomic E-state index is -4.65. The Bertz CT molecular complexity index is 1260. The fourth-order valence-corrected chi connectivity index (χ4v) is 5.71. The SMILES string of the molecule is CCCCCC=CCC=CCC=CCC=CCC=CCCC(=O)O[C@H](COC(=O)CCCCC=CCC=CCC=CCCCCC)COP(=O)(O)OC[C@@H](O)CO. The molecule has 0 amide bonds. The van der Waals surface area contributed by atoms with Gasteiger partial charge in [-0.15, -0.1) is 0 Å². The van der Waals surface area contributed by atoms with E-state index in [1.807, 2.05) is 12.2 Å². The molecule has 0 rings (SSSR count). The number of carbonyl (C=O) groups excluding carboxylic acids is 2. The van der Waals surface area contributed by atoms with Crippen LogP contribution in [0.25, 0.3) is 0 Å². The van der Waals surface area contributed by atoms with Crippen LogP contribution in [0.1, 0.15) is 142 Å². The first kappa shape index (κ1) is 53.9. The molecule has 0 aliphatic heterocycles. The molecular formula is C46H75O10P. The molecule has 0 radical (unpaired) electrons. The highest BCUT2D eigenvalue weighted by molar-refractivity contribution is 7.47. The third-order valence-corrected chi connectivity index (χ3v) is 9.18. The van der Waals surface area contributed by atoms with Crippen molar-refractivity contribution < 1.29 is 47.8 Å². The summed E-state index contributed by atoms with van der Waals surface area (Å²) in [7, 11) is -4.65. The second-order valence-corrected chi connectivity index (χ2v) is 15.1. The first-order chi connectivity index (χ1) is 27.7. The summed E-state index contributed by atoms with van der Waals surface area (Å²) in [5, 5.41) is 18.3. The molecular weight excluding hydrogens is 743 g/mol. The zero-order chi connectivity index (χ0) is 41.9. The summed E-state index contributed by atoms with van der Waals surface area (Å²) in [6, 6.07) is 0. The molecule has 0 aromatic rings. The third kappa shape index (κ3) is 40.9. The van der Waals surface area contributed by atoms with Crippen molar-refractivity contribution in [2.45, 2.75) is 154 Å². The minimum Gasteiger partial charge on any atom is -0.462 e. The Morgan fingerprint density at radius 3 is 1.37 bits per heavy atom. The summed E-state index contributed by atoms with van der Waals surface area (Å²) < 4.78 is 32.5. The number of aliphatic hydroxyl groups excluding tert-OH is 2. The van der Waals surface area contributed by atoms with Gasteiger partial charge in [-0.2, -0.15) is 0 Å². The molecule has 0 aromatic carbocycles. The number of hydrogen-bond acceptors (Lipinski definition) is 9. The molecule has 0 saturated heterocycles. The van der Waals surface area contributed by atoms with Gasteiger partial charge < -0.3 is 24.6 Å². The van der Waals surface area contributed by atoms with Crippen molar-refractivity contribution >= 4 is 19.8 Å². The second-order valence-electron chi connectivity index (χ2n) is 13.7. The Hall–Kier alpha value is -3.11. The standard InChI is InChI=1S/C46H75O10P/c1-3-5-7-9-11-13-15-17-19-20-21-22-24-26-28-30-32-34-36-38-46(50)56-44(42-55-57(51,52)54-40-43(48)39-47)41-53-45(49)37-35-33-31-29-27-25-23-18-16-14-12-10-8-6-4-2/h11-14,17-19,21-23,26-29,32,34,43-44,47-48H,3-10,15-16,20,24-25,30-31,33,35-42H2,1-2H3,(H,51,52)/t43-,44+/m0/s1. The fraction of sp³-hybridized carbons (Fsp3) is 0.609. The monoisotopic (exact) mass is 819 g/mol. The number of carbonyl (C=O) groups is 2. The molecule has 0 spiro atoms. The quantitative estimate of drug-likeness (QED) is 0.0238. The summed E-state index contributed by atoms with van der Waals surface area (Å²) >= 11 is 0. The lowest BCUT2D eigenvalue weighted by atomic mass is 10.1. The van der Waals surface area contributed by atoms with Crippen molar-refractivity contribution in [3.8, 4) is 0 Å². The number of unbranched alkanes of at least 4 members (excludes halogenated alkanes) is 8. The lowest BCUT2D eigenvalue weighted by molar-refractivity contribution is -0.161. The highest BCUT2D eigenvalue weighted by Crippen LogP contribution is 2.43. The van der Waals surface area contributed by atoms with Crippen LogP contribution in [0.4, 0.5) is 0 Å². The molecule has 0 heterocycles. The van der Waals surface area contributed by atoms with Gasteiger partial charge in [0.15, 0.2) is 6.10 Å². The van der Waals surface area contributed by atoms with Crippen LogP contribution in [0.15, 0.2) is 97.2 Å². The number of aliphatic hydroxyl groups is 2. The molecule has 0 aromatic heterocycles. The van der Waals surface area contributed by atoms with Crippen molar-refractivity contribution in [2.24, 2.45) is 0 Å². The molecule has 3 N–H and O–H groups in total. The van der Waals surface area contributed by atoms with Gasteiger partial charge in [-0.05, 0) is 89.9 Å². The third-order valence-electron chi connectivity index (χ3n) is 8.22. The molecule has 11 heteroatoms. The number of hydrogen-bond donors (Lipinski definition) is 3. The lowest BCUT2D eigenvalue weighted by Crippen LogP contribution is -2.29. The highest BCUT2D eigenvalue weighted by Gasteiger charge is 2.27. The van der Waals surface area contributed by atoms with Crippen LogP contribution in [-0.2, 0) is 32.7 Å². The topological polar surface area (TPSA) is 149 Å². The number of rotatable bonds is 38. The van der Waals surface area contributed by atoms with Crippen LogP contribution >= 0.6 is 7.82 Å². The van der Waals surface area contributed by atoms with Gasteiger partial charge in [0.25, 0.3) is 0 Å². The van der Waals surface area contributed by atoms with Crippen LogP contribution in [0, 0.1) is 0 Å². The zero-order valence-electron chi connectivity index (χ0n) is 35.0. The van der Waals surface area contributed by atoms with E-state index in [0.29, 0.717) is 12.8 Å². The van der Waals surface area contributed by atoms with Gasteiger partial charge in [-0.1, -0.05) is 137 Å². The predicted octanol–water partition coefficient (Wildman–Crippen LogP) is 11.2. The maximum atomic E-state index is 12.6. The number of phosphoric acid groups is 1. The Kier molecular flexibility index (Phi) is 38.8. The largest absolute Gasteiger partial charge is 0.472 e. The van der Waals surface area contributed by atoms with E-state index in [1.165, 1.54) is 44.9 Å². The molecule has 0 fully saturated rings. The maximum Gasteiger partial charge on any atom is 0.472 e. The molecule has 57 heavy (non-hydrogen) atoms. The van der Waals surface area contributed by atoms with E-state index in [1.54, 1.807) is 0 Å². The van der Waals surface area contributed by atoms with Gasteiger partial charge in [-0.3, -0.25) is 18.6 Å². The summed E-state index contributed by atoms with van der Waals surface area (Å²) in [5.41, 5.74) is 0. The number of ether oxygens (including phenoxy) is 2. The molecule has 1 unspecified atom stereocenters. The van der Waals surface area contributed by atoms with E-state index in [2.05, 4.69) is 103 Å². The summed E-state index contributed by atoms with van der Waals surface area (Å²) in [6.45, 7) is 2.16. The Balaban J connectivity index is 4.53. The van der Waals surface area contributed by atoms with Crippen LogP contribution < -0.4 is 0 Å². The van der Waals surface area contributed by atoms with E-state index < -0.39 is 51.8 Å². The predicted molar refractivity (Wildman–Crippen MR) is 232 cm³/mol. The second kappa shape index (κ2) is 41.1. The molecule has 0 aliphatic carbocycles. The van der Waals surface area contributed by atoms with Crippen molar-refractivity contribution in [1.82, 2.24) is 0 Å². The number of esters is 2. The van der Waals surface area contributed by atoms with E-state index in [4.69, 9.17) is 19.1 Å². The van der Waals surface area contributed by atoms with E-state index in [0.717, 1.165) is 57.8 Å². The average molecular weight is 819 g/mol. The Morgan fingerprint density at radius 2 is 0.930 bits per heavy atom. The van der Waals surface area contributed by atoms with E-state index >= 15 is 0 Å². The van der Waals surface area contributed by atoms with Crippen LogP contribution in [0.5, 0.6) is 0 Å². The number of phosphoric ester groups is 1. The van der Waals surface area contributed by atoms with Crippen LogP contribution in [-0.4, -0.2) is 65.7 Å². The minimum absolute atomic E-state index is 0.0467. The van der Waals surface area contributed by atoms with Crippen LogP contribution in [0.2, 0.25) is 0 Å². The Labute approximate surface area is 344 Å². The summed E-state index contributed by atoms with van der Waals surface area (Å²) in [5.74, 6) is -1.08. The molecule has 10 nitrogen and oxygen atoms in total. The van der Waals surface area contributed by atoms with Crippen molar-refractivity contribution in [2.75, 3.05) is 26.4 Å². The maximum absolute atomic E-state index is 12.6. The molecule has 3 atom stereocenters. The van der Waals surface area contributed by atoms with Crippen LogP contribution in [0.3, 0.4) is 0 Å². The smallest absolute Gasteiger partial charge is 0.462 e. The summed E-state index contributed by atoms with van der Waals surface area (Å²) in [4.78, 5) is 34.9. The average Bonchev–Trinajstić information content (AvgIpc) is 3.20. The molecule has 0 bridgehead atoms. The van der Waals surface area contributed by atoms with E-state index in [-0.39, 0.29) is 19.4 Å². The molecule has 0 aliphatic rings. The first-order valence-electron chi connectivity index (χ1n) is 21.2. The Morgan fingerprint density at radius 1 is 0.526 bits per heavy atom. The van der Waals surface area contributed by atoms with Crippen molar-refractivity contribution in [1.29, 1.82) is 0 Å². The first-order valence-corrected chi connectivity index (χ1v) is 22.7. The molecule has 324 valence electrons. The highest BCUT2D eigenvalue weighted by atomic mass is 31.2. The normalized spacial score (nSPS) is 14.8. The van der Waals surface area contributed by atoms with Gasteiger partial charge in [0, 0.05) is 12.8 Å². The van der Waals surface area contributed by atoms with Gasteiger partial charge in [0.2, 0.25) is 0 Å². The zero-order valence-corrected chi connectivity index (χ0v) is 35.9. The fourth-order valence-electron chi connectivity index (χ4n) is 4.92. The van der Waals surface area contributed by atoms with E-state index in [9.17, 15) is 24.2 Å². The summed E-state index contributed by atoms with van der Waals surface area (Å²) in [6.07, 6.45) is 49.6. The van der Waals surface area contributed by atoms with Gasteiger partial charge in [0.05, 0.1) is 19.8 Å². The lowest BCUT2D eigenvalue weighted by Gasteiger charge is -2.20. The number of allylic oxidation sites excluding steroid dienone is 16. The van der Waals surface area contributed by atoms with Crippen molar-refractivity contribution in [3.05, 3.63) is 97.2 Å². The van der Waals surface area contributed by atoms with Crippen molar-refractivity contribution in [3.63, 3.8) is 0 Å². The molecule has 0 saturated carbocycles.